The van der Waals surface area contributed by atoms with Crippen molar-refractivity contribution < 1.29 is 14.3 Å². The van der Waals surface area contributed by atoms with Gasteiger partial charge < -0.3 is 14.8 Å². The molecular weight excluding hydrogens is 326 g/mol. The van der Waals surface area contributed by atoms with Crippen molar-refractivity contribution in [2.75, 3.05) is 13.2 Å². The molecule has 124 valence electrons. The first-order chi connectivity index (χ1) is 11.8. The van der Waals surface area contributed by atoms with Gasteiger partial charge >= 0.3 is 0 Å². The predicted octanol–water partition coefficient (Wildman–Crippen LogP) is 2.12. The lowest BCUT2D eigenvalue weighted by atomic mass is 10.0. The second-order valence-corrected chi connectivity index (χ2v) is 6.15. The van der Waals surface area contributed by atoms with Crippen molar-refractivity contribution in [2.45, 2.75) is 25.2 Å². The molecule has 1 N–H and O–H groups in total. The summed E-state index contributed by atoms with van der Waals surface area (Å²) in [4.78, 5) is 16.7. The van der Waals surface area contributed by atoms with Crippen LogP contribution in [0.15, 0.2) is 35.2 Å². The summed E-state index contributed by atoms with van der Waals surface area (Å²) in [7, 11) is 0. The lowest BCUT2D eigenvalue weighted by molar-refractivity contribution is -0.0742. The molecule has 1 fully saturated rings. The molecule has 0 unspecified atom stereocenters. The topological polar surface area (TPSA) is 84.2 Å². The average Bonchev–Trinajstić information content (AvgIpc) is 3.14. The third kappa shape index (κ3) is 3.97. The number of carbonyl (C=O) groups is 1. The van der Waals surface area contributed by atoms with Gasteiger partial charge in [-0.05, 0) is 18.6 Å². The third-order valence-electron chi connectivity index (χ3n) is 3.84. The van der Waals surface area contributed by atoms with E-state index in [-0.39, 0.29) is 18.1 Å². The van der Waals surface area contributed by atoms with Crippen molar-refractivity contribution in [3.8, 4) is 6.07 Å². The summed E-state index contributed by atoms with van der Waals surface area (Å²) >= 11 is 1.52. The molecule has 0 bridgehead atoms. The van der Waals surface area contributed by atoms with Crippen molar-refractivity contribution in [2.24, 2.45) is 0 Å². The Bertz CT molecular complexity index is 727. The van der Waals surface area contributed by atoms with E-state index in [4.69, 9.17) is 14.7 Å². The average molecular weight is 343 g/mol. The van der Waals surface area contributed by atoms with Crippen LogP contribution in [0.25, 0.3) is 0 Å². The molecule has 2 aromatic rings. The molecule has 1 aliphatic rings. The van der Waals surface area contributed by atoms with Gasteiger partial charge in [-0.3, -0.25) is 4.79 Å². The van der Waals surface area contributed by atoms with E-state index in [1.165, 1.54) is 11.3 Å². The first kappa shape index (κ1) is 16.6. The monoisotopic (exact) mass is 343 g/mol. The molecule has 3 rings (SSSR count). The first-order valence-corrected chi connectivity index (χ1v) is 8.58. The molecule has 0 aliphatic carbocycles. The molecule has 1 aromatic carbocycles. The summed E-state index contributed by atoms with van der Waals surface area (Å²) in [5.74, 6) is -0.263. The molecular formula is C17H17N3O3S. The summed E-state index contributed by atoms with van der Waals surface area (Å²) in [5, 5.41) is 14.0. The van der Waals surface area contributed by atoms with E-state index in [1.54, 1.807) is 29.8 Å². The van der Waals surface area contributed by atoms with Gasteiger partial charge in [0.2, 0.25) is 0 Å². The molecule has 1 aliphatic heterocycles. The zero-order valence-electron chi connectivity index (χ0n) is 13.0. The Labute approximate surface area is 144 Å². The molecule has 2 heterocycles. The van der Waals surface area contributed by atoms with Gasteiger partial charge in [-0.2, -0.15) is 5.26 Å². The van der Waals surface area contributed by atoms with Gasteiger partial charge in [0.15, 0.2) is 0 Å². The highest BCUT2D eigenvalue weighted by Gasteiger charge is 2.29. The van der Waals surface area contributed by atoms with Crippen molar-refractivity contribution in [3.05, 3.63) is 52.0 Å². The number of nitrogens with zero attached hydrogens (tertiary/aromatic N) is 2. The van der Waals surface area contributed by atoms with Crippen LogP contribution in [0.5, 0.6) is 0 Å². The van der Waals surface area contributed by atoms with Crippen LogP contribution in [0.2, 0.25) is 0 Å². The minimum Gasteiger partial charge on any atom is -0.379 e. The van der Waals surface area contributed by atoms with Gasteiger partial charge in [-0.15, -0.1) is 11.3 Å². The fraction of sp³-hybridized carbons (Fsp3) is 0.353. The number of benzene rings is 1. The maximum atomic E-state index is 12.5. The maximum Gasteiger partial charge on any atom is 0.252 e. The van der Waals surface area contributed by atoms with Gasteiger partial charge in [-0.1, -0.05) is 12.1 Å². The van der Waals surface area contributed by atoms with Crippen LogP contribution in [0.1, 0.15) is 28.0 Å². The van der Waals surface area contributed by atoms with Crippen molar-refractivity contribution >= 4 is 17.2 Å². The third-order valence-corrected chi connectivity index (χ3v) is 4.48. The lowest BCUT2D eigenvalue weighted by Gasteiger charge is -2.32. The number of nitriles is 1. The highest BCUT2D eigenvalue weighted by Crippen LogP contribution is 2.16. The van der Waals surface area contributed by atoms with E-state index in [9.17, 15) is 4.79 Å². The number of amides is 1. The highest BCUT2D eigenvalue weighted by atomic mass is 32.1. The fourth-order valence-electron chi connectivity index (χ4n) is 2.57. The van der Waals surface area contributed by atoms with Crippen LogP contribution in [0.3, 0.4) is 0 Å². The number of thiazole rings is 1. The molecule has 24 heavy (non-hydrogen) atoms. The summed E-state index contributed by atoms with van der Waals surface area (Å²) in [6.07, 6.45) is 0.431. The Morgan fingerprint density at radius 1 is 1.50 bits per heavy atom. The second-order valence-electron chi connectivity index (χ2n) is 5.43. The number of aromatic nitrogens is 1. The Kier molecular flexibility index (Phi) is 5.54. The van der Waals surface area contributed by atoms with Gasteiger partial charge in [0.05, 0.1) is 47.7 Å². The summed E-state index contributed by atoms with van der Waals surface area (Å²) in [5.41, 5.74) is 3.37. The molecule has 7 heteroatoms. The number of nitrogens with one attached hydrogen (secondary N) is 1. The van der Waals surface area contributed by atoms with E-state index in [2.05, 4.69) is 10.3 Å². The molecule has 0 radical (unpaired) electrons. The zero-order valence-corrected chi connectivity index (χ0v) is 13.8. The SMILES string of the molecule is N#Cc1ccccc1C(=O)N[C@@H]1CCOC[C@H]1OCc1cscn1. The smallest absolute Gasteiger partial charge is 0.252 e. The minimum atomic E-state index is -0.263. The van der Waals surface area contributed by atoms with Gasteiger partial charge in [0, 0.05) is 12.0 Å². The number of carbonyl (C=O) groups excluding carboxylic acids is 1. The molecule has 2 atom stereocenters. The summed E-state index contributed by atoms with van der Waals surface area (Å²) < 4.78 is 11.3. The predicted molar refractivity (Wildman–Crippen MR) is 88.5 cm³/mol. The van der Waals surface area contributed by atoms with E-state index in [0.717, 1.165) is 5.69 Å². The minimum absolute atomic E-state index is 0.156. The molecule has 0 saturated carbocycles. The fourth-order valence-corrected chi connectivity index (χ4v) is 3.11. The van der Waals surface area contributed by atoms with Crippen LogP contribution >= 0.6 is 11.3 Å². The van der Waals surface area contributed by atoms with Crippen LogP contribution in [0, 0.1) is 11.3 Å². The Morgan fingerprint density at radius 3 is 3.17 bits per heavy atom. The second kappa shape index (κ2) is 8.02. The molecule has 1 aromatic heterocycles. The molecule has 1 saturated heterocycles. The number of hydrogen-bond acceptors (Lipinski definition) is 6. The summed E-state index contributed by atoms with van der Waals surface area (Å²) in [6.45, 7) is 1.38. The highest BCUT2D eigenvalue weighted by molar-refractivity contribution is 7.07. The summed E-state index contributed by atoms with van der Waals surface area (Å²) in [6, 6.07) is 8.66. The number of rotatable bonds is 5. The van der Waals surface area contributed by atoms with Crippen molar-refractivity contribution in [3.63, 3.8) is 0 Å². The first-order valence-electron chi connectivity index (χ1n) is 7.64. The lowest BCUT2D eigenvalue weighted by Crippen LogP contribution is -2.50. The van der Waals surface area contributed by atoms with Crippen molar-refractivity contribution in [1.29, 1.82) is 5.26 Å². The largest absolute Gasteiger partial charge is 0.379 e. The van der Waals surface area contributed by atoms with E-state index >= 15 is 0 Å². The Balaban J connectivity index is 1.65. The van der Waals surface area contributed by atoms with Crippen LogP contribution in [-0.2, 0) is 16.1 Å². The normalized spacial score (nSPS) is 20.3. The van der Waals surface area contributed by atoms with Crippen LogP contribution in [-0.4, -0.2) is 36.3 Å². The number of hydrogen-bond donors (Lipinski definition) is 1. The van der Waals surface area contributed by atoms with E-state index < -0.39 is 0 Å². The Morgan fingerprint density at radius 2 is 2.38 bits per heavy atom. The van der Waals surface area contributed by atoms with Crippen LogP contribution < -0.4 is 5.32 Å². The van der Waals surface area contributed by atoms with Crippen molar-refractivity contribution in [1.82, 2.24) is 10.3 Å². The maximum absolute atomic E-state index is 12.5. The molecule has 1 amide bonds. The Hall–Kier alpha value is -2.27. The zero-order chi connectivity index (χ0) is 16.8. The molecule has 6 nitrogen and oxygen atoms in total. The van der Waals surface area contributed by atoms with Gasteiger partial charge in [0.25, 0.3) is 5.91 Å². The molecule has 0 spiro atoms. The standard InChI is InChI=1S/C17H17N3O3S/c18-7-12-3-1-2-4-14(12)17(21)20-15-5-6-22-9-16(15)23-8-13-10-24-11-19-13/h1-4,10-11,15-16H,5-6,8-9H2,(H,20,21)/t15-,16-/m1/s1. The van der Waals surface area contributed by atoms with Crippen LogP contribution in [0.4, 0.5) is 0 Å². The van der Waals surface area contributed by atoms with Gasteiger partial charge in [-0.25, -0.2) is 4.98 Å². The van der Waals surface area contributed by atoms with Gasteiger partial charge in [0.1, 0.15) is 6.10 Å². The quantitative estimate of drug-likeness (QED) is 0.899. The number of ether oxygens (including phenoxy) is 2. The van der Waals surface area contributed by atoms with E-state index in [0.29, 0.717) is 37.4 Å². The van der Waals surface area contributed by atoms with E-state index in [1.807, 2.05) is 11.4 Å².